The fourth-order valence-corrected chi connectivity index (χ4v) is 4.60. The number of esters is 1. The first kappa shape index (κ1) is 24.1. The van der Waals surface area contributed by atoms with Crippen LogP contribution in [0.4, 0.5) is 23.8 Å². The van der Waals surface area contributed by atoms with Crippen LogP contribution in [0.25, 0.3) is 10.2 Å². The summed E-state index contributed by atoms with van der Waals surface area (Å²) in [5, 5.41) is 1.34. The van der Waals surface area contributed by atoms with E-state index in [1.807, 2.05) is 0 Å². The molecule has 0 unspecified atom stereocenters. The van der Waals surface area contributed by atoms with Crippen LogP contribution in [-0.4, -0.2) is 60.8 Å². The average Bonchev–Trinajstić information content (AvgIpc) is 3.14. The number of alkyl halides is 3. The summed E-state index contributed by atoms with van der Waals surface area (Å²) in [6.07, 6.45) is -3.91. The standard InChI is InChI=1S/C21H26F3N3O4S/c1-20(2,3)31-19(29)27-8-6-12(7-9-27)26(4)15-10-14(21(22,23)24)17-16(25-15)13(11-32-17)18(28)30-5/h10-12H,6-9H2,1-5H3. The summed E-state index contributed by atoms with van der Waals surface area (Å²) >= 11 is 0.815. The molecule has 0 atom stereocenters. The topological polar surface area (TPSA) is 72.0 Å². The molecule has 3 heterocycles. The summed E-state index contributed by atoms with van der Waals surface area (Å²) in [5.74, 6) is -0.619. The maximum atomic E-state index is 13.8. The van der Waals surface area contributed by atoms with Crippen LogP contribution in [-0.2, 0) is 15.7 Å². The average molecular weight is 474 g/mol. The molecule has 2 aromatic rings. The summed E-state index contributed by atoms with van der Waals surface area (Å²) in [7, 11) is 2.84. The molecule has 1 amide bonds. The van der Waals surface area contributed by atoms with Gasteiger partial charge in [-0.2, -0.15) is 13.2 Å². The first-order chi connectivity index (χ1) is 14.8. The molecule has 1 fully saturated rings. The van der Waals surface area contributed by atoms with E-state index in [1.54, 1.807) is 37.6 Å². The summed E-state index contributed by atoms with van der Waals surface area (Å²) in [6, 6.07) is 0.889. The molecule has 1 saturated heterocycles. The molecular formula is C21H26F3N3O4S. The number of aromatic nitrogens is 1. The van der Waals surface area contributed by atoms with Gasteiger partial charge in [-0.1, -0.05) is 0 Å². The zero-order chi connectivity index (χ0) is 23.8. The van der Waals surface area contributed by atoms with Gasteiger partial charge in [0.15, 0.2) is 0 Å². The smallest absolute Gasteiger partial charge is 0.417 e. The van der Waals surface area contributed by atoms with Crippen LogP contribution < -0.4 is 4.90 Å². The number of hydrogen-bond donors (Lipinski definition) is 0. The van der Waals surface area contributed by atoms with Crippen LogP contribution in [0.5, 0.6) is 0 Å². The van der Waals surface area contributed by atoms with E-state index in [4.69, 9.17) is 9.47 Å². The van der Waals surface area contributed by atoms with Gasteiger partial charge in [0.05, 0.1) is 28.5 Å². The lowest BCUT2D eigenvalue weighted by molar-refractivity contribution is -0.136. The Bertz CT molecular complexity index is 1010. The van der Waals surface area contributed by atoms with E-state index >= 15 is 0 Å². The molecule has 0 aromatic carbocycles. The minimum atomic E-state index is -4.60. The van der Waals surface area contributed by atoms with E-state index in [0.29, 0.717) is 25.9 Å². The minimum absolute atomic E-state index is 0.00740. The molecule has 176 valence electrons. The van der Waals surface area contributed by atoms with Gasteiger partial charge in [0, 0.05) is 31.6 Å². The number of pyridine rings is 1. The highest BCUT2D eigenvalue weighted by Gasteiger charge is 2.36. The van der Waals surface area contributed by atoms with Crippen LogP contribution in [0.2, 0.25) is 0 Å². The van der Waals surface area contributed by atoms with Gasteiger partial charge in [0.1, 0.15) is 11.4 Å². The quantitative estimate of drug-likeness (QED) is 0.589. The number of ether oxygens (including phenoxy) is 2. The third kappa shape index (κ3) is 5.08. The number of methoxy groups -OCH3 is 1. The molecule has 0 spiro atoms. The van der Waals surface area contributed by atoms with E-state index in [1.165, 1.54) is 12.5 Å². The predicted molar refractivity (Wildman–Crippen MR) is 115 cm³/mol. The number of piperidine rings is 1. The summed E-state index contributed by atoms with van der Waals surface area (Å²) < 4.78 is 51.3. The van der Waals surface area contributed by atoms with Crippen molar-refractivity contribution >= 4 is 39.4 Å². The zero-order valence-electron chi connectivity index (χ0n) is 18.6. The predicted octanol–water partition coefficient (Wildman–Crippen LogP) is 4.94. The molecular weight excluding hydrogens is 447 g/mol. The fourth-order valence-electron chi connectivity index (χ4n) is 3.59. The van der Waals surface area contributed by atoms with Crippen LogP contribution in [0.1, 0.15) is 49.5 Å². The van der Waals surface area contributed by atoms with E-state index < -0.39 is 29.4 Å². The summed E-state index contributed by atoms with van der Waals surface area (Å²) in [4.78, 5) is 32.0. The van der Waals surface area contributed by atoms with Gasteiger partial charge < -0.3 is 19.3 Å². The Morgan fingerprint density at radius 2 is 1.84 bits per heavy atom. The largest absolute Gasteiger partial charge is 0.465 e. The molecule has 0 bridgehead atoms. The Hall–Kier alpha value is -2.56. The van der Waals surface area contributed by atoms with Crippen molar-refractivity contribution in [2.24, 2.45) is 0 Å². The number of hydrogen-bond acceptors (Lipinski definition) is 7. The van der Waals surface area contributed by atoms with Crippen molar-refractivity contribution in [1.29, 1.82) is 0 Å². The first-order valence-corrected chi connectivity index (χ1v) is 11.0. The van der Waals surface area contributed by atoms with Crippen molar-refractivity contribution in [3.63, 3.8) is 0 Å². The Balaban J connectivity index is 1.86. The van der Waals surface area contributed by atoms with E-state index in [2.05, 4.69) is 4.98 Å². The summed E-state index contributed by atoms with van der Waals surface area (Å²) in [5.41, 5.74) is -1.45. The second-order valence-electron chi connectivity index (χ2n) is 8.65. The highest BCUT2D eigenvalue weighted by molar-refractivity contribution is 7.17. The number of nitrogens with zero attached hydrogens (tertiary/aromatic N) is 3. The molecule has 2 aromatic heterocycles. The molecule has 0 radical (unpaired) electrons. The number of halogens is 3. The number of anilines is 1. The number of carbonyl (C=O) groups excluding carboxylic acids is 2. The monoisotopic (exact) mass is 473 g/mol. The van der Waals surface area contributed by atoms with Gasteiger partial charge in [0.25, 0.3) is 0 Å². The number of likely N-dealkylation sites (tertiary alicyclic amines) is 1. The van der Waals surface area contributed by atoms with Gasteiger partial charge in [-0.3, -0.25) is 0 Å². The number of carbonyl (C=O) groups is 2. The van der Waals surface area contributed by atoms with Gasteiger partial charge in [-0.05, 0) is 39.7 Å². The number of thiophene rings is 1. The Morgan fingerprint density at radius 1 is 1.22 bits per heavy atom. The summed E-state index contributed by atoms with van der Waals surface area (Å²) in [6.45, 7) is 6.21. The van der Waals surface area contributed by atoms with Crippen molar-refractivity contribution in [3.8, 4) is 0 Å². The molecule has 0 aliphatic carbocycles. The normalized spacial score (nSPS) is 15.7. The Morgan fingerprint density at radius 3 is 2.38 bits per heavy atom. The van der Waals surface area contributed by atoms with E-state index in [0.717, 1.165) is 17.4 Å². The molecule has 32 heavy (non-hydrogen) atoms. The van der Waals surface area contributed by atoms with Crippen molar-refractivity contribution in [2.45, 2.75) is 51.4 Å². The second-order valence-corrected chi connectivity index (χ2v) is 9.53. The lowest BCUT2D eigenvalue weighted by Gasteiger charge is -2.37. The second kappa shape index (κ2) is 8.76. The van der Waals surface area contributed by atoms with Gasteiger partial charge in [0.2, 0.25) is 0 Å². The maximum absolute atomic E-state index is 13.8. The SMILES string of the molecule is COC(=O)c1csc2c(C(F)(F)F)cc(N(C)C3CCN(C(=O)OC(C)(C)C)CC3)nc12. The van der Waals surface area contributed by atoms with Gasteiger partial charge >= 0.3 is 18.2 Å². The lowest BCUT2D eigenvalue weighted by Crippen LogP contribution is -2.47. The molecule has 1 aliphatic heterocycles. The van der Waals surface area contributed by atoms with Crippen LogP contribution in [0, 0.1) is 0 Å². The molecule has 1 aliphatic rings. The van der Waals surface area contributed by atoms with Crippen molar-refractivity contribution in [3.05, 3.63) is 22.6 Å². The fraction of sp³-hybridized carbons (Fsp3) is 0.571. The van der Waals surface area contributed by atoms with Crippen molar-refractivity contribution in [2.75, 3.05) is 32.1 Å². The van der Waals surface area contributed by atoms with Crippen LogP contribution >= 0.6 is 11.3 Å². The van der Waals surface area contributed by atoms with E-state index in [-0.39, 0.29) is 27.6 Å². The van der Waals surface area contributed by atoms with Gasteiger partial charge in [-0.25, -0.2) is 14.6 Å². The minimum Gasteiger partial charge on any atom is -0.465 e. The number of amides is 1. The van der Waals surface area contributed by atoms with Crippen LogP contribution in [0.15, 0.2) is 11.4 Å². The molecule has 0 N–H and O–H groups in total. The van der Waals surface area contributed by atoms with Gasteiger partial charge in [-0.15, -0.1) is 11.3 Å². The third-order valence-electron chi connectivity index (χ3n) is 5.25. The van der Waals surface area contributed by atoms with Crippen LogP contribution in [0.3, 0.4) is 0 Å². The zero-order valence-corrected chi connectivity index (χ0v) is 19.4. The Kier molecular flexibility index (Phi) is 6.60. The maximum Gasteiger partial charge on any atom is 0.417 e. The highest BCUT2D eigenvalue weighted by Crippen LogP contribution is 2.40. The van der Waals surface area contributed by atoms with E-state index in [9.17, 15) is 22.8 Å². The number of fused-ring (bicyclic) bond motifs is 1. The molecule has 11 heteroatoms. The van der Waals surface area contributed by atoms with Crippen molar-refractivity contribution < 1.29 is 32.2 Å². The highest BCUT2D eigenvalue weighted by atomic mass is 32.1. The molecule has 0 saturated carbocycles. The number of rotatable bonds is 3. The lowest BCUT2D eigenvalue weighted by atomic mass is 10.0. The molecule has 7 nitrogen and oxygen atoms in total. The first-order valence-electron chi connectivity index (χ1n) is 10.1. The molecule has 3 rings (SSSR count). The van der Waals surface area contributed by atoms with Crippen molar-refractivity contribution in [1.82, 2.24) is 9.88 Å². The Labute approximate surface area is 188 Å². The third-order valence-corrected chi connectivity index (χ3v) is 6.25.